The number of hydrogen-bond acceptors (Lipinski definition) is 1. The van der Waals surface area contributed by atoms with Gasteiger partial charge in [0.25, 0.3) is 0 Å². The lowest BCUT2D eigenvalue weighted by Gasteiger charge is -2.39. The van der Waals surface area contributed by atoms with Crippen molar-refractivity contribution in [2.75, 3.05) is 4.90 Å². The van der Waals surface area contributed by atoms with Crippen molar-refractivity contribution >= 4 is 17.1 Å². The van der Waals surface area contributed by atoms with Gasteiger partial charge in [0.15, 0.2) is 0 Å². The van der Waals surface area contributed by atoms with Gasteiger partial charge in [0.05, 0.1) is 0 Å². The minimum absolute atomic E-state index is 0.0755. The van der Waals surface area contributed by atoms with E-state index in [9.17, 15) is 0 Å². The minimum atomic E-state index is -0.0755. The number of rotatable bonds is 7. The number of benzene rings is 6. The molecule has 0 N–H and O–H groups in total. The lowest BCUT2D eigenvalue weighted by atomic mass is 9.65. The molecule has 0 bridgehead atoms. The van der Waals surface area contributed by atoms with Gasteiger partial charge in [-0.2, -0.15) is 0 Å². The van der Waals surface area contributed by atoms with Gasteiger partial charge in [0, 0.05) is 27.9 Å². The van der Waals surface area contributed by atoms with Crippen molar-refractivity contribution in [3.63, 3.8) is 0 Å². The van der Waals surface area contributed by atoms with Crippen LogP contribution in [0.1, 0.15) is 112 Å². The molecule has 52 heavy (non-hydrogen) atoms. The number of anilines is 3. The fourth-order valence-corrected chi connectivity index (χ4v) is 10.2. The molecule has 9 rings (SSSR count). The summed E-state index contributed by atoms with van der Waals surface area (Å²) < 4.78 is 0. The fraction of sp³-hybridized carbons (Fsp3) is 0.294. The Labute approximate surface area is 311 Å². The highest BCUT2D eigenvalue weighted by Gasteiger charge is 2.38. The maximum atomic E-state index is 2.50. The van der Waals surface area contributed by atoms with E-state index in [0.29, 0.717) is 5.92 Å². The highest BCUT2D eigenvalue weighted by Crippen LogP contribution is 2.54. The highest BCUT2D eigenvalue weighted by molar-refractivity contribution is 5.94. The van der Waals surface area contributed by atoms with Gasteiger partial charge in [-0.25, -0.2) is 0 Å². The summed E-state index contributed by atoms with van der Waals surface area (Å²) >= 11 is 0. The Morgan fingerprint density at radius 2 is 1.08 bits per heavy atom. The van der Waals surface area contributed by atoms with E-state index < -0.39 is 0 Å². The highest BCUT2D eigenvalue weighted by atomic mass is 15.1. The lowest BCUT2D eigenvalue weighted by molar-refractivity contribution is 0.346. The first kappa shape index (κ1) is 33.0. The van der Waals surface area contributed by atoms with E-state index in [2.05, 4.69) is 164 Å². The Kier molecular flexibility index (Phi) is 8.62. The average molecular weight is 678 g/mol. The summed E-state index contributed by atoms with van der Waals surface area (Å²) in [7, 11) is 0. The van der Waals surface area contributed by atoms with Gasteiger partial charge in [-0.3, -0.25) is 0 Å². The summed E-state index contributed by atoms with van der Waals surface area (Å²) in [4.78, 5) is 2.50. The van der Waals surface area contributed by atoms with Crippen molar-refractivity contribution in [2.24, 2.45) is 0 Å². The Balaban J connectivity index is 1.17. The summed E-state index contributed by atoms with van der Waals surface area (Å²) in [5.41, 5.74) is 16.2. The summed E-state index contributed by atoms with van der Waals surface area (Å²) in [5, 5.41) is 0. The summed E-state index contributed by atoms with van der Waals surface area (Å²) in [6.07, 6.45) is 13.1. The van der Waals surface area contributed by atoms with E-state index in [1.165, 1.54) is 131 Å². The Morgan fingerprint density at radius 1 is 0.481 bits per heavy atom. The fourth-order valence-electron chi connectivity index (χ4n) is 10.2. The smallest absolute Gasteiger partial charge is 0.0468 e. The van der Waals surface area contributed by atoms with Gasteiger partial charge in [-0.15, -0.1) is 0 Å². The van der Waals surface area contributed by atoms with Crippen molar-refractivity contribution in [2.45, 2.75) is 94.8 Å². The van der Waals surface area contributed by atoms with Crippen LogP contribution in [0.2, 0.25) is 0 Å². The van der Waals surface area contributed by atoms with Gasteiger partial charge >= 0.3 is 0 Å². The molecule has 0 amide bonds. The molecule has 260 valence electrons. The number of nitrogens with zero attached hydrogens (tertiary/aromatic N) is 1. The monoisotopic (exact) mass is 677 g/mol. The SMILES string of the molecule is CC1(C)c2ccc(N(c3ccc(C4CCCCC4)cc3)c3ccc(C4(c5ccccc5)CCCCC4)cc3)cc2-c2c(-c3ccccc3)cccc21. The first-order chi connectivity index (χ1) is 25.5. The minimum Gasteiger partial charge on any atom is -0.310 e. The second-order valence-electron chi connectivity index (χ2n) is 16.3. The maximum absolute atomic E-state index is 2.50. The van der Waals surface area contributed by atoms with Crippen molar-refractivity contribution in [1.82, 2.24) is 0 Å². The van der Waals surface area contributed by atoms with Gasteiger partial charge in [0.1, 0.15) is 0 Å². The van der Waals surface area contributed by atoms with Crippen molar-refractivity contribution < 1.29 is 0 Å². The van der Waals surface area contributed by atoms with Crippen LogP contribution >= 0.6 is 0 Å². The topological polar surface area (TPSA) is 3.24 Å². The van der Waals surface area contributed by atoms with Crippen LogP contribution in [0.3, 0.4) is 0 Å². The van der Waals surface area contributed by atoms with Gasteiger partial charge in [-0.1, -0.05) is 162 Å². The van der Waals surface area contributed by atoms with Gasteiger partial charge < -0.3 is 4.90 Å². The Bertz CT molecular complexity index is 2150. The first-order valence-electron chi connectivity index (χ1n) is 19.9. The Hall–Kier alpha value is -4.88. The number of hydrogen-bond donors (Lipinski definition) is 0. The normalized spacial score (nSPS) is 17.7. The molecule has 2 fully saturated rings. The quantitative estimate of drug-likeness (QED) is 0.163. The van der Waals surface area contributed by atoms with Gasteiger partial charge in [-0.05, 0) is 118 Å². The molecule has 0 aliphatic heterocycles. The van der Waals surface area contributed by atoms with Crippen LogP contribution in [0.5, 0.6) is 0 Å². The van der Waals surface area contributed by atoms with E-state index in [1.807, 2.05) is 0 Å². The second kappa shape index (κ2) is 13.6. The summed E-state index contributed by atoms with van der Waals surface area (Å²) in [6, 6.07) is 55.6. The molecular weight excluding hydrogens is 627 g/mol. The van der Waals surface area contributed by atoms with Crippen molar-refractivity contribution in [3.8, 4) is 22.3 Å². The molecule has 6 aromatic rings. The van der Waals surface area contributed by atoms with E-state index in [4.69, 9.17) is 0 Å². The molecule has 0 radical (unpaired) electrons. The second-order valence-corrected chi connectivity index (χ2v) is 16.3. The van der Waals surface area contributed by atoms with E-state index in [0.717, 1.165) is 0 Å². The molecular formula is C51H51N. The maximum Gasteiger partial charge on any atom is 0.0468 e. The molecule has 0 aromatic heterocycles. The van der Waals surface area contributed by atoms with Gasteiger partial charge in [0.2, 0.25) is 0 Å². The van der Waals surface area contributed by atoms with E-state index in [-0.39, 0.29) is 10.8 Å². The van der Waals surface area contributed by atoms with Crippen molar-refractivity contribution in [3.05, 3.63) is 173 Å². The van der Waals surface area contributed by atoms with Crippen LogP contribution in [0, 0.1) is 0 Å². The molecule has 1 heteroatoms. The van der Waals surface area contributed by atoms with Crippen LogP contribution in [0.4, 0.5) is 17.1 Å². The molecule has 0 unspecified atom stereocenters. The molecule has 0 heterocycles. The third kappa shape index (κ3) is 5.70. The molecule has 0 saturated heterocycles. The molecule has 0 atom stereocenters. The molecule has 6 aromatic carbocycles. The predicted molar refractivity (Wildman–Crippen MR) is 220 cm³/mol. The molecule has 1 nitrogen and oxygen atoms in total. The van der Waals surface area contributed by atoms with Crippen molar-refractivity contribution in [1.29, 1.82) is 0 Å². The molecule has 2 saturated carbocycles. The zero-order chi connectivity index (χ0) is 35.1. The lowest BCUT2D eigenvalue weighted by Crippen LogP contribution is -2.30. The summed E-state index contributed by atoms with van der Waals surface area (Å²) in [6.45, 7) is 4.78. The van der Waals surface area contributed by atoms with Crippen LogP contribution < -0.4 is 4.90 Å². The third-order valence-electron chi connectivity index (χ3n) is 13.0. The van der Waals surface area contributed by atoms with Crippen LogP contribution in [-0.4, -0.2) is 0 Å². The van der Waals surface area contributed by atoms with E-state index in [1.54, 1.807) is 0 Å². The predicted octanol–water partition coefficient (Wildman–Crippen LogP) is 14.4. The standard InChI is InChI=1S/C51H51N/c1-50(2)47-33-32-44(36-46(47)49-45(22-15-23-48(49)50)39-18-9-4-10-19-39)52(42-28-24-38(25-29-42)37-16-7-3-8-17-37)43-30-26-41(27-31-43)51(34-13-6-14-35-51)40-20-11-5-12-21-40/h4-5,9-12,15,18-33,36-37H,3,6-8,13-14,16-17,34-35H2,1-2H3. The Morgan fingerprint density at radius 3 is 1.77 bits per heavy atom. The summed E-state index contributed by atoms with van der Waals surface area (Å²) in [5.74, 6) is 0.690. The average Bonchev–Trinajstić information content (AvgIpc) is 3.45. The van der Waals surface area contributed by atoms with Crippen LogP contribution in [0.15, 0.2) is 146 Å². The van der Waals surface area contributed by atoms with E-state index >= 15 is 0 Å². The van der Waals surface area contributed by atoms with Crippen LogP contribution in [-0.2, 0) is 10.8 Å². The number of fused-ring (bicyclic) bond motifs is 3. The molecule has 3 aliphatic rings. The first-order valence-corrected chi connectivity index (χ1v) is 19.9. The molecule has 0 spiro atoms. The molecule has 3 aliphatic carbocycles. The van der Waals surface area contributed by atoms with Crippen LogP contribution in [0.25, 0.3) is 22.3 Å². The zero-order valence-electron chi connectivity index (χ0n) is 31.0. The largest absolute Gasteiger partial charge is 0.310 e. The zero-order valence-corrected chi connectivity index (χ0v) is 31.0. The third-order valence-corrected chi connectivity index (χ3v) is 13.0.